The van der Waals surface area contributed by atoms with Crippen molar-refractivity contribution in [2.45, 2.75) is 45.6 Å². The zero-order valence-electron chi connectivity index (χ0n) is 9.83. The molecule has 0 heterocycles. The fourth-order valence-corrected chi connectivity index (χ4v) is 1.51. The summed E-state index contributed by atoms with van der Waals surface area (Å²) in [6.45, 7) is 7.93. The second-order valence-corrected chi connectivity index (χ2v) is 4.12. The molecule has 0 amide bonds. The highest BCUT2D eigenvalue weighted by atomic mass is 16.5. The van der Waals surface area contributed by atoms with E-state index in [2.05, 4.69) is 31.2 Å². The van der Waals surface area contributed by atoms with Crippen molar-refractivity contribution in [3.05, 3.63) is 36.8 Å². The van der Waals surface area contributed by atoms with Gasteiger partial charge in [-0.3, -0.25) is 0 Å². The van der Waals surface area contributed by atoms with Gasteiger partial charge >= 0.3 is 0 Å². The van der Waals surface area contributed by atoms with Crippen LogP contribution >= 0.6 is 0 Å². The van der Waals surface area contributed by atoms with Crippen LogP contribution in [0.1, 0.15) is 38.7 Å². The van der Waals surface area contributed by atoms with Gasteiger partial charge in [0.1, 0.15) is 5.75 Å². The number of ether oxygens (including phenoxy) is 1. The molecule has 1 radical (unpaired) electrons. The summed E-state index contributed by atoms with van der Waals surface area (Å²) < 4.78 is 5.58. The Hall–Kier alpha value is -0.980. The van der Waals surface area contributed by atoms with E-state index in [0.29, 0.717) is 0 Å². The van der Waals surface area contributed by atoms with Gasteiger partial charge in [-0.2, -0.15) is 0 Å². The highest BCUT2D eigenvalue weighted by Gasteiger charge is 1.97. The lowest BCUT2D eigenvalue weighted by Gasteiger charge is -2.09. The molecule has 1 aromatic carbocycles. The van der Waals surface area contributed by atoms with Crippen molar-refractivity contribution in [1.29, 1.82) is 0 Å². The van der Waals surface area contributed by atoms with Crippen molar-refractivity contribution in [1.82, 2.24) is 0 Å². The fourth-order valence-electron chi connectivity index (χ4n) is 1.51. The second-order valence-electron chi connectivity index (χ2n) is 4.12. The minimum absolute atomic E-state index is 0.252. The first-order valence-corrected chi connectivity index (χ1v) is 5.77. The van der Waals surface area contributed by atoms with Crippen LogP contribution in [0.15, 0.2) is 24.3 Å². The second kappa shape index (κ2) is 6.49. The summed E-state index contributed by atoms with van der Waals surface area (Å²) in [4.78, 5) is 0. The zero-order valence-corrected chi connectivity index (χ0v) is 9.83. The standard InChI is InChI=1S/C14H21O/c1-4-5-6-7-13-8-10-14(11-9-13)15-12(2)3/h8-12H,1,4-7H2,2-3H3. The number of aryl methyl sites for hydroxylation is 1. The van der Waals surface area contributed by atoms with Crippen LogP contribution in [0.3, 0.4) is 0 Å². The minimum atomic E-state index is 0.252. The summed E-state index contributed by atoms with van der Waals surface area (Å²) in [5, 5.41) is 0. The minimum Gasteiger partial charge on any atom is -0.491 e. The van der Waals surface area contributed by atoms with Gasteiger partial charge in [0, 0.05) is 0 Å². The molecule has 0 N–H and O–H groups in total. The van der Waals surface area contributed by atoms with E-state index in [1.54, 1.807) is 0 Å². The molecular weight excluding hydrogens is 184 g/mol. The Kier molecular flexibility index (Phi) is 5.23. The Balaban J connectivity index is 2.42. The van der Waals surface area contributed by atoms with Crippen molar-refractivity contribution in [2.24, 2.45) is 0 Å². The van der Waals surface area contributed by atoms with E-state index in [-0.39, 0.29) is 6.10 Å². The van der Waals surface area contributed by atoms with Gasteiger partial charge in [-0.25, -0.2) is 0 Å². The maximum Gasteiger partial charge on any atom is 0.119 e. The number of unbranched alkanes of at least 4 members (excludes halogenated alkanes) is 2. The van der Waals surface area contributed by atoms with Crippen molar-refractivity contribution in [3.8, 4) is 5.75 Å². The highest BCUT2D eigenvalue weighted by molar-refractivity contribution is 5.27. The smallest absolute Gasteiger partial charge is 0.119 e. The average molecular weight is 205 g/mol. The lowest BCUT2D eigenvalue weighted by molar-refractivity contribution is 0.242. The molecule has 1 aromatic rings. The van der Waals surface area contributed by atoms with Crippen LogP contribution in [0.25, 0.3) is 0 Å². The topological polar surface area (TPSA) is 9.23 Å². The molecule has 15 heavy (non-hydrogen) atoms. The molecule has 0 aliphatic heterocycles. The Labute approximate surface area is 93.5 Å². The van der Waals surface area contributed by atoms with E-state index in [0.717, 1.165) is 18.6 Å². The first-order chi connectivity index (χ1) is 7.22. The van der Waals surface area contributed by atoms with E-state index < -0.39 is 0 Å². The molecule has 0 atom stereocenters. The van der Waals surface area contributed by atoms with Gasteiger partial charge in [0.05, 0.1) is 6.10 Å². The van der Waals surface area contributed by atoms with Gasteiger partial charge in [-0.05, 0) is 44.4 Å². The Morgan fingerprint density at radius 2 is 1.80 bits per heavy atom. The van der Waals surface area contributed by atoms with Crippen LogP contribution in [-0.2, 0) is 6.42 Å². The molecule has 0 spiro atoms. The maximum atomic E-state index is 5.58. The predicted octanol–water partition coefficient (Wildman–Crippen LogP) is 4.02. The third-order valence-corrected chi connectivity index (χ3v) is 2.26. The Bertz CT molecular complexity index is 261. The van der Waals surface area contributed by atoms with Gasteiger partial charge in [-0.1, -0.05) is 31.9 Å². The van der Waals surface area contributed by atoms with Crippen LogP contribution < -0.4 is 4.74 Å². The third-order valence-electron chi connectivity index (χ3n) is 2.26. The number of benzene rings is 1. The molecule has 1 rings (SSSR count). The summed E-state index contributed by atoms with van der Waals surface area (Å²) in [6.07, 6.45) is 4.88. The van der Waals surface area contributed by atoms with Crippen LogP contribution in [0.2, 0.25) is 0 Å². The van der Waals surface area contributed by atoms with E-state index >= 15 is 0 Å². The Morgan fingerprint density at radius 1 is 1.13 bits per heavy atom. The van der Waals surface area contributed by atoms with Gasteiger partial charge in [0.25, 0.3) is 0 Å². The molecule has 0 aromatic heterocycles. The van der Waals surface area contributed by atoms with Gasteiger partial charge in [0.2, 0.25) is 0 Å². The van der Waals surface area contributed by atoms with Crippen molar-refractivity contribution in [2.75, 3.05) is 0 Å². The Morgan fingerprint density at radius 3 is 2.33 bits per heavy atom. The van der Waals surface area contributed by atoms with E-state index in [4.69, 9.17) is 4.74 Å². The normalized spacial score (nSPS) is 10.7. The average Bonchev–Trinajstić information content (AvgIpc) is 2.20. The summed E-state index contributed by atoms with van der Waals surface area (Å²) in [6, 6.07) is 8.42. The fraction of sp³-hybridized carbons (Fsp3) is 0.500. The molecule has 0 aliphatic carbocycles. The predicted molar refractivity (Wildman–Crippen MR) is 65.1 cm³/mol. The van der Waals surface area contributed by atoms with Crippen LogP contribution in [0.5, 0.6) is 5.75 Å². The summed E-state index contributed by atoms with van der Waals surface area (Å²) >= 11 is 0. The molecular formula is C14H21O. The molecule has 0 aliphatic rings. The van der Waals surface area contributed by atoms with Crippen LogP contribution in [-0.4, -0.2) is 6.10 Å². The zero-order chi connectivity index (χ0) is 11.1. The van der Waals surface area contributed by atoms with E-state index in [1.807, 2.05) is 13.8 Å². The number of hydrogen-bond donors (Lipinski definition) is 0. The maximum absolute atomic E-state index is 5.58. The van der Waals surface area contributed by atoms with Gasteiger partial charge < -0.3 is 4.74 Å². The van der Waals surface area contributed by atoms with Crippen LogP contribution in [0, 0.1) is 6.92 Å². The van der Waals surface area contributed by atoms with Gasteiger partial charge in [-0.15, -0.1) is 0 Å². The largest absolute Gasteiger partial charge is 0.491 e. The monoisotopic (exact) mass is 205 g/mol. The van der Waals surface area contributed by atoms with Crippen molar-refractivity contribution < 1.29 is 4.74 Å². The lowest BCUT2D eigenvalue weighted by Crippen LogP contribution is -2.05. The van der Waals surface area contributed by atoms with Crippen LogP contribution in [0.4, 0.5) is 0 Å². The highest BCUT2D eigenvalue weighted by Crippen LogP contribution is 2.15. The first kappa shape index (κ1) is 12.1. The summed E-state index contributed by atoms with van der Waals surface area (Å²) in [7, 11) is 0. The third kappa shape index (κ3) is 4.87. The number of rotatable bonds is 6. The molecule has 1 nitrogen and oxygen atoms in total. The first-order valence-electron chi connectivity index (χ1n) is 5.77. The quantitative estimate of drug-likeness (QED) is 0.637. The molecule has 1 heteroatoms. The van der Waals surface area contributed by atoms with E-state index in [1.165, 1.54) is 18.4 Å². The van der Waals surface area contributed by atoms with E-state index in [9.17, 15) is 0 Å². The van der Waals surface area contributed by atoms with Crippen molar-refractivity contribution in [3.63, 3.8) is 0 Å². The molecule has 0 saturated heterocycles. The molecule has 0 bridgehead atoms. The lowest BCUT2D eigenvalue weighted by atomic mass is 10.1. The number of hydrogen-bond acceptors (Lipinski definition) is 1. The van der Waals surface area contributed by atoms with Gasteiger partial charge in [0.15, 0.2) is 0 Å². The molecule has 83 valence electrons. The summed E-state index contributed by atoms with van der Waals surface area (Å²) in [5.41, 5.74) is 1.39. The van der Waals surface area contributed by atoms with Crippen molar-refractivity contribution >= 4 is 0 Å². The SMILES string of the molecule is [CH2]CCCCc1ccc(OC(C)C)cc1. The molecule has 0 saturated carbocycles. The summed E-state index contributed by atoms with van der Waals surface area (Å²) in [5.74, 6) is 0.964. The molecule has 0 unspecified atom stereocenters. The molecule has 0 fully saturated rings.